The highest BCUT2D eigenvalue weighted by atomic mass is 32.2. The molecule has 0 saturated heterocycles. The van der Waals surface area contributed by atoms with Gasteiger partial charge in [-0.3, -0.25) is 10.1 Å². The second-order valence-corrected chi connectivity index (χ2v) is 6.93. The van der Waals surface area contributed by atoms with Gasteiger partial charge in [0.25, 0.3) is 0 Å². The highest BCUT2D eigenvalue weighted by molar-refractivity contribution is 7.90. The normalized spacial score (nSPS) is 11.2. The number of aromatic nitrogens is 3. The number of ether oxygens (including phenoxy) is 1. The first kappa shape index (κ1) is 16.9. The monoisotopic (exact) mass is 338 g/mol. The number of sulfone groups is 1. The third kappa shape index (κ3) is 5.06. The molecule has 0 radical (unpaired) electrons. The number of H-pyrrole nitrogens is 1. The van der Waals surface area contributed by atoms with Crippen LogP contribution in [0.15, 0.2) is 29.4 Å². The van der Waals surface area contributed by atoms with E-state index in [0.29, 0.717) is 13.0 Å². The maximum absolute atomic E-state index is 11.7. The number of carbonyl (C=O) groups excluding carboxylic acids is 1. The Morgan fingerprint density at radius 3 is 2.74 bits per heavy atom. The number of nitrogens with zero attached hydrogens (tertiary/aromatic N) is 2. The molecule has 1 aromatic heterocycles. The van der Waals surface area contributed by atoms with Crippen LogP contribution in [0.5, 0.6) is 5.75 Å². The highest BCUT2D eigenvalue weighted by Crippen LogP contribution is 2.16. The predicted molar refractivity (Wildman–Crippen MR) is 84.0 cm³/mol. The average Bonchev–Trinajstić information content (AvgIpc) is 2.94. The molecule has 0 unspecified atom stereocenters. The van der Waals surface area contributed by atoms with Gasteiger partial charge in [0.15, 0.2) is 0 Å². The number of nitrogens with one attached hydrogen (secondary N) is 2. The number of carbonyl (C=O) groups is 1. The van der Waals surface area contributed by atoms with Crippen LogP contribution in [0.3, 0.4) is 0 Å². The summed E-state index contributed by atoms with van der Waals surface area (Å²) < 4.78 is 28.1. The molecule has 0 saturated carbocycles. The van der Waals surface area contributed by atoms with Gasteiger partial charge in [0.2, 0.25) is 26.8 Å². The van der Waals surface area contributed by atoms with Crippen LogP contribution in [0.25, 0.3) is 0 Å². The van der Waals surface area contributed by atoms with E-state index in [-0.39, 0.29) is 23.4 Å². The van der Waals surface area contributed by atoms with E-state index >= 15 is 0 Å². The lowest BCUT2D eigenvalue weighted by atomic mass is 10.2. The Morgan fingerprint density at radius 2 is 2.09 bits per heavy atom. The minimum absolute atomic E-state index is 0.0600. The van der Waals surface area contributed by atoms with Crippen molar-refractivity contribution in [1.29, 1.82) is 0 Å². The smallest absolute Gasteiger partial charge is 0.249 e. The van der Waals surface area contributed by atoms with Crippen LogP contribution in [-0.2, 0) is 14.6 Å². The standard InChI is InChI=1S/C14H18N4O4S/c1-10-6-3-4-7-11(10)22-9-5-8-12(19)15-13-16-14(18-17-13)23(2,20)21/h3-4,6-7H,5,8-9H2,1-2H3,(H2,15,16,17,18,19). The third-order valence-electron chi connectivity index (χ3n) is 2.97. The van der Waals surface area contributed by atoms with E-state index in [4.69, 9.17) is 4.74 Å². The molecule has 8 nitrogen and oxygen atoms in total. The summed E-state index contributed by atoms with van der Waals surface area (Å²) in [6.07, 6.45) is 1.74. The van der Waals surface area contributed by atoms with Gasteiger partial charge in [-0.1, -0.05) is 18.2 Å². The molecule has 0 fully saturated rings. The molecule has 1 amide bonds. The first-order chi connectivity index (χ1) is 10.9. The average molecular weight is 338 g/mol. The topological polar surface area (TPSA) is 114 Å². The van der Waals surface area contributed by atoms with E-state index in [1.165, 1.54) is 0 Å². The maximum Gasteiger partial charge on any atom is 0.249 e. The highest BCUT2D eigenvalue weighted by Gasteiger charge is 2.14. The lowest BCUT2D eigenvalue weighted by Gasteiger charge is -2.08. The van der Waals surface area contributed by atoms with E-state index in [1.54, 1.807) is 0 Å². The Kier molecular flexibility index (Phi) is 5.32. The molecule has 0 aliphatic rings. The van der Waals surface area contributed by atoms with Gasteiger partial charge in [-0.15, -0.1) is 5.10 Å². The molecule has 0 bridgehead atoms. The number of rotatable bonds is 7. The summed E-state index contributed by atoms with van der Waals surface area (Å²) >= 11 is 0. The van der Waals surface area contributed by atoms with E-state index in [0.717, 1.165) is 17.6 Å². The molecular formula is C14H18N4O4S. The Balaban J connectivity index is 1.75. The number of benzene rings is 1. The van der Waals surface area contributed by atoms with Crippen LogP contribution in [0, 0.1) is 6.92 Å². The van der Waals surface area contributed by atoms with Crippen molar-refractivity contribution in [3.8, 4) is 5.75 Å². The molecule has 1 aromatic carbocycles. The van der Waals surface area contributed by atoms with Crippen LogP contribution < -0.4 is 10.1 Å². The fourth-order valence-corrected chi connectivity index (χ4v) is 2.25. The van der Waals surface area contributed by atoms with Gasteiger partial charge in [0.1, 0.15) is 5.75 Å². The summed E-state index contributed by atoms with van der Waals surface area (Å²) in [4.78, 5) is 15.4. The number of hydrogen-bond donors (Lipinski definition) is 2. The van der Waals surface area contributed by atoms with Gasteiger partial charge >= 0.3 is 0 Å². The van der Waals surface area contributed by atoms with E-state index < -0.39 is 9.84 Å². The fraction of sp³-hybridized carbons (Fsp3) is 0.357. The lowest BCUT2D eigenvalue weighted by Crippen LogP contribution is -2.14. The van der Waals surface area contributed by atoms with Crippen molar-refractivity contribution in [2.45, 2.75) is 24.9 Å². The van der Waals surface area contributed by atoms with Crippen molar-refractivity contribution in [1.82, 2.24) is 15.2 Å². The zero-order valence-corrected chi connectivity index (χ0v) is 13.7. The number of anilines is 1. The molecule has 23 heavy (non-hydrogen) atoms. The van der Waals surface area contributed by atoms with Crippen molar-refractivity contribution in [2.24, 2.45) is 0 Å². The lowest BCUT2D eigenvalue weighted by molar-refractivity contribution is -0.116. The SMILES string of the molecule is Cc1ccccc1OCCCC(=O)Nc1n[nH]c(S(C)(=O)=O)n1. The summed E-state index contributed by atoms with van der Waals surface area (Å²) in [5, 5.41) is 8.04. The zero-order chi connectivity index (χ0) is 16.9. The van der Waals surface area contributed by atoms with Crippen molar-refractivity contribution in [3.63, 3.8) is 0 Å². The van der Waals surface area contributed by atoms with Gasteiger partial charge in [-0.2, -0.15) is 4.98 Å². The molecule has 9 heteroatoms. The minimum atomic E-state index is -3.47. The van der Waals surface area contributed by atoms with Crippen LogP contribution in [-0.4, -0.2) is 42.4 Å². The number of aryl methyl sites for hydroxylation is 1. The van der Waals surface area contributed by atoms with Crippen LogP contribution in [0.2, 0.25) is 0 Å². The Hall–Kier alpha value is -2.42. The third-order valence-corrected chi connectivity index (χ3v) is 3.85. The summed E-state index contributed by atoms with van der Waals surface area (Å²) in [6.45, 7) is 2.35. The summed E-state index contributed by atoms with van der Waals surface area (Å²) in [6, 6.07) is 7.63. The molecule has 2 aromatic rings. The van der Waals surface area contributed by atoms with Crippen molar-refractivity contribution in [2.75, 3.05) is 18.2 Å². The molecule has 2 N–H and O–H groups in total. The van der Waals surface area contributed by atoms with E-state index in [9.17, 15) is 13.2 Å². The van der Waals surface area contributed by atoms with Gasteiger partial charge in [-0.05, 0) is 25.0 Å². The van der Waals surface area contributed by atoms with Crippen LogP contribution in [0.4, 0.5) is 5.95 Å². The molecule has 0 aliphatic heterocycles. The quantitative estimate of drug-likeness (QED) is 0.736. The van der Waals surface area contributed by atoms with Crippen LogP contribution >= 0.6 is 0 Å². The second-order valence-electron chi connectivity index (χ2n) is 5.00. The number of para-hydroxylation sites is 1. The summed E-state index contributed by atoms with van der Waals surface area (Å²) in [5.74, 6) is 0.423. The summed E-state index contributed by atoms with van der Waals surface area (Å²) in [7, 11) is -3.47. The summed E-state index contributed by atoms with van der Waals surface area (Å²) in [5.41, 5.74) is 1.03. The Labute approximate surface area is 134 Å². The van der Waals surface area contributed by atoms with Gasteiger partial charge in [0, 0.05) is 12.7 Å². The maximum atomic E-state index is 11.7. The molecule has 0 atom stereocenters. The van der Waals surface area contributed by atoms with Gasteiger partial charge in [0.05, 0.1) is 6.61 Å². The number of amides is 1. The van der Waals surface area contributed by atoms with Crippen LogP contribution in [0.1, 0.15) is 18.4 Å². The zero-order valence-electron chi connectivity index (χ0n) is 12.9. The minimum Gasteiger partial charge on any atom is -0.493 e. The first-order valence-electron chi connectivity index (χ1n) is 6.97. The van der Waals surface area contributed by atoms with E-state index in [1.807, 2.05) is 31.2 Å². The van der Waals surface area contributed by atoms with Crippen molar-refractivity contribution < 1.29 is 17.9 Å². The Bertz CT molecular complexity index is 786. The second kappa shape index (κ2) is 7.23. The molecule has 124 valence electrons. The molecule has 0 spiro atoms. The Morgan fingerprint density at radius 1 is 1.35 bits per heavy atom. The first-order valence-corrected chi connectivity index (χ1v) is 8.86. The van der Waals surface area contributed by atoms with Gasteiger partial charge < -0.3 is 4.74 Å². The fourth-order valence-electron chi connectivity index (χ4n) is 1.79. The number of aromatic amines is 1. The number of hydrogen-bond acceptors (Lipinski definition) is 6. The van der Waals surface area contributed by atoms with Crippen molar-refractivity contribution in [3.05, 3.63) is 29.8 Å². The molecule has 0 aliphatic carbocycles. The predicted octanol–water partition coefficient (Wildman–Crippen LogP) is 1.31. The molecule has 1 heterocycles. The van der Waals surface area contributed by atoms with Gasteiger partial charge in [-0.25, -0.2) is 13.5 Å². The molecular weight excluding hydrogens is 320 g/mol. The van der Waals surface area contributed by atoms with E-state index in [2.05, 4.69) is 20.5 Å². The van der Waals surface area contributed by atoms with Crippen molar-refractivity contribution >= 4 is 21.7 Å². The largest absolute Gasteiger partial charge is 0.493 e. The molecule has 2 rings (SSSR count).